The van der Waals surface area contributed by atoms with E-state index in [1.54, 1.807) is 12.3 Å². The first-order valence-electron chi connectivity index (χ1n) is 5.72. The van der Waals surface area contributed by atoms with Gasteiger partial charge in [-0.2, -0.15) is 0 Å². The van der Waals surface area contributed by atoms with E-state index in [-0.39, 0.29) is 11.1 Å². The second kappa shape index (κ2) is 5.36. The third-order valence-electron chi connectivity index (χ3n) is 3.19. The smallest absolute Gasteiger partial charge is 0.257 e. The van der Waals surface area contributed by atoms with Crippen molar-refractivity contribution < 1.29 is 4.79 Å². The number of carbonyl (C=O) groups excluding carboxylic acids is 1. The van der Waals surface area contributed by atoms with Crippen molar-refractivity contribution in [1.82, 2.24) is 9.88 Å². The van der Waals surface area contributed by atoms with E-state index in [0.717, 1.165) is 30.4 Å². The summed E-state index contributed by atoms with van der Waals surface area (Å²) < 4.78 is 0.775. The highest BCUT2D eigenvalue weighted by atomic mass is 79.9. The summed E-state index contributed by atoms with van der Waals surface area (Å²) >= 11 is 9.27. The standard InChI is InChI=1S/C12H14BrClN2O/c1-2-8-3-4-16(7-8)12(17)10-5-9(13)6-15-11(10)14/h5-6,8H,2-4,7H2,1H3. The van der Waals surface area contributed by atoms with Crippen LogP contribution in [-0.4, -0.2) is 28.9 Å². The van der Waals surface area contributed by atoms with Gasteiger partial charge in [-0.1, -0.05) is 24.9 Å². The Morgan fingerprint density at radius 1 is 1.71 bits per heavy atom. The molecule has 0 spiro atoms. The number of rotatable bonds is 2. The van der Waals surface area contributed by atoms with E-state index in [2.05, 4.69) is 27.8 Å². The van der Waals surface area contributed by atoms with Gasteiger partial charge in [0.25, 0.3) is 5.91 Å². The molecule has 5 heteroatoms. The third kappa shape index (κ3) is 2.80. The first-order valence-corrected chi connectivity index (χ1v) is 6.89. The van der Waals surface area contributed by atoms with Crippen molar-refractivity contribution in [2.45, 2.75) is 19.8 Å². The van der Waals surface area contributed by atoms with E-state index in [1.807, 2.05) is 4.90 Å². The Morgan fingerprint density at radius 3 is 3.12 bits per heavy atom. The summed E-state index contributed by atoms with van der Waals surface area (Å²) in [5.41, 5.74) is 0.484. The van der Waals surface area contributed by atoms with Crippen molar-refractivity contribution in [3.8, 4) is 0 Å². The molecule has 0 aliphatic carbocycles. The van der Waals surface area contributed by atoms with Gasteiger partial charge in [0, 0.05) is 23.8 Å². The number of pyridine rings is 1. The van der Waals surface area contributed by atoms with Gasteiger partial charge in [-0.05, 0) is 34.3 Å². The molecule has 1 aliphatic heterocycles. The number of amides is 1. The predicted molar refractivity (Wildman–Crippen MR) is 71.2 cm³/mol. The molecule has 1 atom stereocenters. The van der Waals surface area contributed by atoms with Crippen molar-refractivity contribution in [2.24, 2.45) is 5.92 Å². The first-order chi connectivity index (χ1) is 8.11. The van der Waals surface area contributed by atoms with Crippen LogP contribution in [0, 0.1) is 5.92 Å². The highest BCUT2D eigenvalue weighted by Crippen LogP contribution is 2.24. The molecule has 3 nitrogen and oxygen atoms in total. The number of halogens is 2. The highest BCUT2D eigenvalue weighted by Gasteiger charge is 2.27. The summed E-state index contributed by atoms with van der Waals surface area (Å²) in [4.78, 5) is 18.1. The Kier molecular flexibility index (Phi) is 4.05. The maximum Gasteiger partial charge on any atom is 0.257 e. The van der Waals surface area contributed by atoms with Gasteiger partial charge in [-0.3, -0.25) is 4.79 Å². The molecule has 1 saturated heterocycles. The number of carbonyl (C=O) groups is 1. The summed E-state index contributed by atoms with van der Waals surface area (Å²) in [5.74, 6) is 0.609. The fraction of sp³-hybridized carbons (Fsp3) is 0.500. The van der Waals surface area contributed by atoms with Crippen molar-refractivity contribution in [1.29, 1.82) is 0 Å². The monoisotopic (exact) mass is 316 g/mol. The van der Waals surface area contributed by atoms with Gasteiger partial charge in [-0.25, -0.2) is 4.98 Å². The SMILES string of the molecule is CCC1CCN(C(=O)c2cc(Br)cnc2Cl)C1. The molecule has 17 heavy (non-hydrogen) atoms. The van der Waals surface area contributed by atoms with Gasteiger partial charge in [0.2, 0.25) is 0 Å². The maximum absolute atomic E-state index is 12.3. The summed E-state index contributed by atoms with van der Waals surface area (Å²) in [6.45, 7) is 3.81. The third-order valence-corrected chi connectivity index (χ3v) is 3.92. The molecule has 0 radical (unpaired) electrons. The van der Waals surface area contributed by atoms with E-state index in [4.69, 9.17) is 11.6 Å². The molecule has 1 amide bonds. The molecule has 92 valence electrons. The fourth-order valence-corrected chi connectivity index (χ4v) is 2.61. The van der Waals surface area contributed by atoms with Crippen molar-refractivity contribution in [3.63, 3.8) is 0 Å². The van der Waals surface area contributed by atoms with E-state index in [9.17, 15) is 4.79 Å². The predicted octanol–water partition coefficient (Wildman–Crippen LogP) is 3.37. The zero-order valence-electron chi connectivity index (χ0n) is 9.62. The Morgan fingerprint density at radius 2 is 2.47 bits per heavy atom. The van der Waals surface area contributed by atoms with Crippen molar-refractivity contribution in [3.05, 3.63) is 27.5 Å². The second-order valence-electron chi connectivity index (χ2n) is 4.31. The zero-order chi connectivity index (χ0) is 12.4. The Hall–Kier alpha value is -0.610. The maximum atomic E-state index is 12.3. The summed E-state index contributed by atoms with van der Waals surface area (Å²) in [7, 11) is 0. The molecule has 1 aromatic heterocycles. The normalized spacial score (nSPS) is 19.7. The van der Waals surface area contributed by atoms with Crippen LogP contribution in [0.25, 0.3) is 0 Å². The molecule has 0 bridgehead atoms. The number of likely N-dealkylation sites (tertiary alicyclic amines) is 1. The van der Waals surface area contributed by atoms with Crippen LogP contribution in [0.1, 0.15) is 30.1 Å². The van der Waals surface area contributed by atoms with Crippen LogP contribution in [0.2, 0.25) is 5.15 Å². The van der Waals surface area contributed by atoms with E-state index >= 15 is 0 Å². The molecular formula is C12H14BrClN2O. The number of hydrogen-bond donors (Lipinski definition) is 0. The Labute approximate surface area is 114 Å². The number of aromatic nitrogens is 1. The second-order valence-corrected chi connectivity index (χ2v) is 5.58. The van der Waals surface area contributed by atoms with E-state index in [0.29, 0.717) is 11.5 Å². The van der Waals surface area contributed by atoms with Gasteiger partial charge in [0.05, 0.1) is 5.56 Å². The van der Waals surface area contributed by atoms with Gasteiger partial charge < -0.3 is 4.90 Å². The largest absolute Gasteiger partial charge is 0.338 e. The molecular weight excluding hydrogens is 304 g/mol. The van der Waals surface area contributed by atoms with Crippen molar-refractivity contribution >= 4 is 33.4 Å². The van der Waals surface area contributed by atoms with Crippen LogP contribution in [0.4, 0.5) is 0 Å². The minimum absolute atomic E-state index is 0.0141. The highest BCUT2D eigenvalue weighted by molar-refractivity contribution is 9.10. The summed E-state index contributed by atoms with van der Waals surface area (Å²) in [6, 6.07) is 1.73. The topological polar surface area (TPSA) is 33.2 Å². The fourth-order valence-electron chi connectivity index (χ4n) is 2.09. The van der Waals surface area contributed by atoms with Crippen LogP contribution in [0.5, 0.6) is 0 Å². The lowest BCUT2D eigenvalue weighted by Gasteiger charge is -2.16. The lowest BCUT2D eigenvalue weighted by molar-refractivity contribution is 0.0786. The number of nitrogens with zero attached hydrogens (tertiary/aromatic N) is 2. The average Bonchev–Trinajstić information content (AvgIpc) is 2.80. The molecule has 2 rings (SSSR count). The minimum atomic E-state index is -0.0141. The van der Waals surface area contributed by atoms with Crippen LogP contribution < -0.4 is 0 Å². The van der Waals surface area contributed by atoms with Crippen LogP contribution in [-0.2, 0) is 0 Å². The lowest BCUT2D eigenvalue weighted by Crippen LogP contribution is -2.29. The molecule has 1 aromatic rings. The van der Waals surface area contributed by atoms with Gasteiger partial charge >= 0.3 is 0 Å². The molecule has 0 saturated carbocycles. The Bertz CT molecular complexity index is 439. The molecule has 1 unspecified atom stereocenters. The molecule has 0 aromatic carbocycles. The van der Waals surface area contributed by atoms with Crippen LogP contribution in [0.3, 0.4) is 0 Å². The summed E-state index contributed by atoms with van der Waals surface area (Å²) in [5, 5.41) is 0.276. The minimum Gasteiger partial charge on any atom is -0.338 e. The average molecular weight is 318 g/mol. The van der Waals surface area contributed by atoms with Gasteiger partial charge in [-0.15, -0.1) is 0 Å². The van der Waals surface area contributed by atoms with Crippen LogP contribution in [0.15, 0.2) is 16.7 Å². The van der Waals surface area contributed by atoms with Crippen molar-refractivity contribution in [2.75, 3.05) is 13.1 Å². The van der Waals surface area contributed by atoms with Crippen LogP contribution >= 0.6 is 27.5 Å². The number of hydrogen-bond acceptors (Lipinski definition) is 2. The van der Waals surface area contributed by atoms with Gasteiger partial charge in [0.1, 0.15) is 5.15 Å². The Balaban J connectivity index is 2.17. The van der Waals surface area contributed by atoms with Gasteiger partial charge in [0.15, 0.2) is 0 Å². The van der Waals surface area contributed by atoms with E-state index in [1.165, 1.54) is 0 Å². The lowest BCUT2D eigenvalue weighted by atomic mass is 10.1. The zero-order valence-corrected chi connectivity index (χ0v) is 12.0. The first kappa shape index (κ1) is 12.8. The van der Waals surface area contributed by atoms with E-state index < -0.39 is 0 Å². The molecule has 2 heterocycles. The molecule has 1 fully saturated rings. The summed E-state index contributed by atoms with van der Waals surface area (Å²) in [6.07, 6.45) is 3.80. The molecule has 1 aliphatic rings. The quantitative estimate of drug-likeness (QED) is 0.784. The molecule has 0 N–H and O–H groups in total.